The zero-order chi connectivity index (χ0) is 9.19. The largest absolute Gasteiger partial charge is 0.330 e. The molecule has 0 aliphatic carbocycles. The Bertz CT molecular complexity index is 239. The van der Waals surface area contributed by atoms with Crippen LogP contribution >= 0.6 is 0 Å². The summed E-state index contributed by atoms with van der Waals surface area (Å²) in [6.45, 7) is 1.55. The van der Waals surface area contributed by atoms with Gasteiger partial charge < -0.3 is 5.73 Å². The van der Waals surface area contributed by atoms with E-state index >= 15 is 0 Å². The summed E-state index contributed by atoms with van der Waals surface area (Å²) in [6, 6.07) is 0. The number of piperidine rings is 1. The van der Waals surface area contributed by atoms with Gasteiger partial charge in [-0.1, -0.05) is 0 Å². The molecule has 0 aromatic heterocycles. The van der Waals surface area contributed by atoms with Crippen LogP contribution in [0.25, 0.3) is 0 Å². The van der Waals surface area contributed by atoms with Gasteiger partial charge in [-0.3, -0.25) is 0 Å². The number of rotatable bonds is 2. The molecule has 4 N–H and O–H groups in total. The highest BCUT2D eigenvalue weighted by molar-refractivity contribution is 7.86. The molecule has 1 aliphatic rings. The molecular formula is C6H15N3O2S. The van der Waals surface area contributed by atoms with Crippen molar-refractivity contribution in [2.75, 3.05) is 19.6 Å². The van der Waals surface area contributed by atoms with E-state index in [0.29, 0.717) is 19.6 Å². The molecule has 1 rings (SSSR count). The highest BCUT2D eigenvalue weighted by Gasteiger charge is 2.25. The number of hydrogen-bond donors (Lipinski definition) is 2. The lowest BCUT2D eigenvalue weighted by atomic mass is 10.0. The molecular weight excluding hydrogens is 178 g/mol. The van der Waals surface area contributed by atoms with Gasteiger partial charge in [0, 0.05) is 13.1 Å². The highest BCUT2D eigenvalue weighted by atomic mass is 32.2. The Hall–Kier alpha value is -0.170. The number of nitrogens with zero attached hydrogens (tertiary/aromatic N) is 1. The van der Waals surface area contributed by atoms with Crippen LogP contribution in [0.15, 0.2) is 0 Å². The van der Waals surface area contributed by atoms with Crippen molar-refractivity contribution in [1.82, 2.24) is 4.31 Å². The van der Waals surface area contributed by atoms with Crippen LogP contribution in [0.5, 0.6) is 0 Å². The first-order valence-electron chi connectivity index (χ1n) is 4.02. The van der Waals surface area contributed by atoms with E-state index in [9.17, 15) is 8.42 Å². The SMILES string of the molecule is NCC1CCCN(S(N)(=O)=O)C1. The van der Waals surface area contributed by atoms with Gasteiger partial charge in [0.15, 0.2) is 0 Å². The van der Waals surface area contributed by atoms with Gasteiger partial charge >= 0.3 is 0 Å². The van der Waals surface area contributed by atoms with Crippen molar-refractivity contribution in [1.29, 1.82) is 0 Å². The van der Waals surface area contributed by atoms with Crippen molar-refractivity contribution in [3.8, 4) is 0 Å². The minimum atomic E-state index is -3.49. The Balaban J connectivity index is 2.58. The summed E-state index contributed by atoms with van der Waals surface area (Å²) >= 11 is 0. The Labute approximate surface area is 72.9 Å². The molecule has 0 amide bonds. The molecule has 72 valence electrons. The van der Waals surface area contributed by atoms with E-state index in [4.69, 9.17) is 10.9 Å². The van der Waals surface area contributed by atoms with Crippen molar-refractivity contribution < 1.29 is 8.42 Å². The molecule has 0 aromatic rings. The lowest BCUT2D eigenvalue weighted by Gasteiger charge is -2.29. The molecule has 5 nitrogen and oxygen atoms in total. The first-order chi connectivity index (χ1) is 5.54. The van der Waals surface area contributed by atoms with Crippen molar-refractivity contribution in [2.24, 2.45) is 16.8 Å². The van der Waals surface area contributed by atoms with Crippen LogP contribution in [0.4, 0.5) is 0 Å². The minimum Gasteiger partial charge on any atom is -0.330 e. The average Bonchev–Trinajstić information content (AvgIpc) is 2.03. The maximum atomic E-state index is 10.9. The quantitative estimate of drug-likeness (QED) is 0.581. The zero-order valence-corrected chi connectivity index (χ0v) is 7.76. The summed E-state index contributed by atoms with van der Waals surface area (Å²) in [5, 5.41) is 4.98. The molecule has 1 aliphatic heterocycles. The molecule has 1 saturated heterocycles. The summed E-state index contributed by atoms with van der Waals surface area (Å²) in [5.74, 6) is 0.275. The molecule has 0 radical (unpaired) electrons. The Morgan fingerprint density at radius 3 is 2.67 bits per heavy atom. The second kappa shape index (κ2) is 3.69. The van der Waals surface area contributed by atoms with Crippen LogP contribution in [0, 0.1) is 5.92 Å². The smallest absolute Gasteiger partial charge is 0.276 e. The molecule has 6 heteroatoms. The van der Waals surface area contributed by atoms with Gasteiger partial charge in [-0.15, -0.1) is 0 Å². The van der Waals surface area contributed by atoms with Crippen molar-refractivity contribution >= 4 is 10.2 Å². The van der Waals surface area contributed by atoms with E-state index in [0.717, 1.165) is 12.8 Å². The fraction of sp³-hybridized carbons (Fsp3) is 1.00. The lowest BCUT2D eigenvalue weighted by molar-refractivity contribution is 0.271. The van der Waals surface area contributed by atoms with Crippen LogP contribution in [0.2, 0.25) is 0 Å². The van der Waals surface area contributed by atoms with Gasteiger partial charge in [0.05, 0.1) is 0 Å². The Morgan fingerprint density at radius 1 is 1.50 bits per heavy atom. The first-order valence-corrected chi connectivity index (χ1v) is 5.52. The summed E-state index contributed by atoms with van der Waals surface area (Å²) in [5.41, 5.74) is 5.45. The van der Waals surface area contributed by atoms with Gasteiger partial charge in [0.2, 0.25) is 0 Å². The predicted octanol–water partition coefficient (Wildman–Crippen LogP) is -1.14. The van der Waals surface area contributed by atoms with E-state index in [-0.39, 0.29) is 5.92 Å². The van der Waals surface area contributed by atoms with Gasteiger partial charge in [0.1, 0.15) is 0 Å². The average molecular weight is 193 g/mol. The standard InChI is InChI=1S/C6H15N3O2S/c7-4-6-2-1-3-9(5-6)12(8,10)11/h6H,1-5,7H2,(H2,8,10,11). The van der Waals surface area contributed by atoms with Crippen LogP contribution in [-0.4, -0.2) is 32.4 Å². The molecule has 0 spiro atoms. The lowest BCUT2D eigenvalue weighted by Crippen LogP contribution is -2.45. The monoisotopic (exact) mass is 193 g/mol. The summed E-state index contributed by atoms with van der Waals surface area (Å²) in [4.78, 5) is 0. The normalized spacial score (nSPS) is 27.3. The first kappa shape index (κ1) is 9.91. The second-order valence-corrected chi connectivity index (χ2v) is 4.69. The minimum absolute atomic E-state index is 0.275. The third kappa shape index (κ3) is 2.41. The number of nitrogens with two attached hydrogens (primary N) is 2. The molecule has 0 saturated carbocycles. The highest BCUT2D eigenvalue weighted by Crippen LogP contribution is 2.16. The van der Waals surface area contributed by atoms with Crippen molar-refractivity contribution in [2.45, 2.75) is 12.8 Å². The maximum absolute atomic E-state index is 10.9. The topological polar surface area (TPSA) is 89.4 Å². The molecule has 1 atom stereocenters. The summed E-state index contributed by atoms with van der Waals surface area (Å²) in [6.07, 6.45) is 1.86. The molecule has 1 fully saturated rings. The molecule has 1 unspecified atom stereocenters. The van der Waals surface area contributed by atoms with Crippen LogP contribution in [-0.2, 0) is 10.2 Å². The van der Waals surface area contributed by atoms with Crippen molar-refractivity contribution in [3.05, 3.63) is 0 Å². The molecule has 12 heavy (non-hydrogen) atoms. The Morgan fingerprint density at radius 2 is 2.17 bits per heavy atom. The van der Waals surface area contributed by atoms with Crippen LogP contribution in [0.1, 0.15) is 12.8 Å². The van der Waals surface area contributed by atoms with E-state index in [1.807, 2.05) is 0 Å². The van der Waals surface area contributed by atoms with Crippen LogP contribution < -0.4 is 10.9 Å². The molecule has 0 aromatic carbocycles. The zero-order valence-electron chi connectivity index (χ0n) is 6.94. The fourth-order valence-electron chi connectivity index (χ4n) is 1.45. The van der Waals surface area contributed by atoms with Gasteiger partial charge in [-0.05, 0) is 25.3 Å². The van der Waals surface area contributed by atoms with E-state index in [1.54, 1.807) is 0 Å². The maximum Gasteiger partial charge on any atom is 0.276 e. The van der Waals surface area contributed by atoms with Crippen molar-refractivity contribution in [3.63, 3.8) is 0 Å². The van der Waals surface area contributed by atoms with Gasteiger partial charge in [0.25, 0.3) is 10.2 Å². The third-order valence-electron chi connectivity index (χ3n) is 2.17. The second-order valence-electron chi connectivity index (χ2n) is 3.15. The predicted molar refractivity (Wildman–Crippen MR) is 46.5 cm³/mol. The summed E-state index contributed by atoms with van der Waals surface area (Å²) < 4.78 is 23.1. The fourth-order valence-corrected chi connectivity index (χ4v) is 2.25. The number of hydrogen-bond acceptors (Lipinski definition) is 3. The van der Waals surface area contributed by atoms with E-state index in [2.05, 4.69) is 0 Å². The van der Waals surface area contributed by atoms with E-state index in [1.165, 1.54) is 4.31 Å². The van der Waals surface area contributed by atoms with Gasteiger partial charge in [-0.25, -0.2) is 5.14 Å². The molecule has 0 bridgehead atoms. The summed E-state index contributed by atoms with van der Waals surface area (Å²) in [7, 11) is -3.49. The third-order valence-corrected chi connectivity index (χ3v) is 3.23. The van der Waals surface area contributed by atoms with Crippen LogP contribution in [0.3, 0.4) is 0 Å². The van der Waals surface area contributed by atoms with E-state index < -0.39 is 10.2 Å². The Kier molecular flexibility index (Phi) is 3.05. The molecule has 1 heterocycles. The van der Waals surface area contributed by atoms with Gasteiger partial charge in [-0.2, -0.15) is 12.7 Å².